The fourth-order valence-electron chi connectivity index (χ4n) is 1.82. The first-order chi connectivity index (χ1) is 7.41. The highest BCUT2D eigenvalue weighted by molar-refractivity contribution is 7.90. The highest BCUT2D eigenvalue weighted by atomic mass is 32.2. The molecule has 0 fully saturated rings. The van der Waals surface area contributed by atoms with Crippen LogP contribution >= 0.6 is 0 Å². The normalized spacial score (nSPS) is 14.9. The second kappa shape index (κ2) is 5.82. The van der Waals surface area contributed by atoms with Crippen LogP contribution in [0.4, 0.5) is 0 Å². The standard InChI is InChI=1S/C11H23NO4S/c1-11(2,3)8-12(4)6-9(10(13)14)7-17(5,15)16/h9H,6-8H2,1-5H3,(H,13,14). The van der Waals surface area contributed by atoms with Gasteiger partial charge >= 0.3 is 5.97 Å². The third-order valence-corrected chi connectivity index (χ3v) is 3.14. The van der Waals surface area contributed by atoms with Gasteiger partial charge in [0.05, 0.1) is 11.7 Å². The van der Waals surface area contributed by atoms with Crippen molar-refractivity contribution in [1.82, 2.24) is 4.90 Å². The van der Waals surface area contributed by atoms with E-state index in [0.29, 0.717) is 0 Å². The molecule has 1 unspecified atom stereocenters. The van der Waals surface area contributed by atoms with Gasteiger partial charge in [-0.2, -0.15) is 0 Å². The number of carbonyl (C=O) groups is 1. The van der Waals surface area contributed by atoms with Crippen molar-refractivity contribution in [1.29, 1.82) is 0 Å². The molecule has 102 valence electrons. The van der Waals surface area contributed by atoms with E-state index < -0.39 is 21.7 Å². The van der Waals surface area contributed by atoms with Crippen LogP contribution in [0.15, 0.2) is 0 Å². The maximum atomic E-state index is 11.1. The molecule has 0 spiro atoms. The largest absolute Gasteiger partial charge is 0.481 e. The lowest BCUT2D eigenvalue weighted by atomic mass is 9.96. The molecule has 0 aromatic rings. The Balaban J connectivity index is 4.52. The quantitative estimate of drug-likeness (QED) is 0.765. The van der Waals surface area contributed by atoms with Crippen LogP contribution in [-0.4, -0.2) is 56.5 Å². The van der Waals surface area contributed by atoms with Crippen LogP contribution in [0, 0.1) is 11.3 Å². The van der Waals surface area contributed by atoms with Crippen molar-refractivity contribution in [2.45, 2.75) is 20.8 Å². The predicted molar refractivity (Wildman–Crippen MR) is 67.8 cm³/mol. The molecule has 0 aliphatic carbocycles. The fraction of sp³-hybridized carbons (Fsp3) is 0.909. The average molecular weight is 265 g/mol. The van der Waals surface area contributed by atoms with Gasteiger partial charge in [0.25, 0.3) is 0 Å². The van der Waals surface area contributed by atoms with Gasteiger partial charge in [-0.25, -0.2) is 8.42 Å². The maximum Gasteiger partial charge on any atom is 0.308 e. The van der Waals surface area contributed by atoms with Gasteiger partial charge in [0, 0.05) is 19.3 Å². The number of carboxylic acids is 1. The number of aliphatic carboxylic acids is 1. The molecule has 5 nitrogen and oxygen atoms in total. The molecule has 0 bridgehead atoms. The number of hydrogen-bond acceptors (Lipinski definition) is 4. The van der Waals surface area contributed by atoms with Gasteiger partial charge in [-0.3, -0.25) is 4.79 Å². The summed E-state index contributed by atoms with van der Waals surface area (Å²) >= 11 is 0. The van der Waals surface area contributed by atoms with Gasteiger partial charge in [0.2, 0.25) is 0 Å². The van der Waals surface area contributed by atoms with Crippen molar-refractivity contribution in [3.63, 3.8) is 0 Å². The molecule has 0 aromatic carbocycles. The Morgan fingerprint density at radius 1 is 1.35 bits per heavy atom. The molecule has 0 saturated carbocycles. The zero-order valence-corrected chi connectivity index (χ0v) is 12.0. The van der Waals surface area contributed by atoms with E-state index in [1.807, 2.05) is 11.9 Å². The van der Waals surface area contributed by atoms with Crippen LogP contribution in [0.3, 0.4) is 0 Å². The Morgan fingerprint density at radius 2 is 1.82 bits per heavy atom. The minimum absolute atomic E-state index is 0.0584. The van der Waals surface area contributed by atoms with Gasteiger partial charge < -0.3 is 10.0 Å². The minimum Gasteiger partial charge on any atom is -0.481 e. The summed E-state index contributed by atoms with van der Waals surface area (Å²) in [5.41, 5.74) is 0.0584. The smallest absolute Gasteiger partial charge is 0.308 e. The topological polar surface area (TPSA) is 74.7 Å². The van der Waals surface area contributed by atoms with Crippen molar-refractivity contribution in [2.24, 2.45) is 11.3 Å². The minimum atomic E-state index is -3.27. The molecule has 6 heteroatoms. The zero-order chi connectivity index (χ0) is 13.9. The van der Waals surface area contributed by atoms with E-state index in [9.17, 15) is 13.2 Å². The summed E-state index contributed by atoms with van der Waals surface area (Å²) in [6.45, 7) is 7.13. The zero-order valence-electron chi connectivity index (χ0n) is 11.2. The van der Waals surface area contributed by atoms with Gasteiger partial charge in [0.1, 0.15) is 9.84 Å². The summed E-state index contributed by atoms with van der Waals surface area (Å²) in [6, 6.07) is 0. The van der Waals surface area contributed by atoms with E-state index in [1.165, 1.54) is 0 Å². The lowest BCUT2D eigenvalue weighted by molar-refractivity contribution is -0.141. The molecule has 0 radical (unpaired) electrons. The molecule has 17 heavy (non-hydrogen) atoms. The van der Waals surface area contributed by atoms with Gasteiger partial charge in [-0.15, -0.1) is 0 Å². The second-order valence-electron chi connectivity index (χ2n) is 5.88. The van der Waals surface area contributed by atoms with E-state index >= 15 is 0 Å². The number of nitrogens with zero attached hydrogens (tertiary/aromatic N) is 1. The van der Waals surface area contributed by atoms with Crippen molar-refractivity contribution in [3.8, 4) is 0 Å². The maximum absolute atomic E-state index is 11.1. The number of rotatable bonds is 6. The molecule has 0 rings (SSSR count). The lowest BCUT2D eigenvalue weighted by Crippen LogP contribution is -2.38. The van der Waals surface area contributed by atoms with E-state index in [4.69, 9.17) is 5.11 Å². The Morgan fingerprint density at radius 3 is 2.12 bits per heavy atom. The molecular weight excluding hydrogens is 242 g/mol. The summed E-state index contributed by atoms with van der Waals surface area (Å²) in [5, 5.41) is 8.99. The molecule has 0 saturated heterocycles. The molecule has 0 aliphatic rings. The second-order valence-corrected chi connectivity index (χ2v) is 8.07. The van der Waals surface area contributed by atoms with Crippen LogP contribution < -0.4 is 0 Å². The van der Waals surface area contributed by atoms with Crippen LogP contribution in [0.5, 0.6) is 0 Å². The summed E-state index contributed by atoms with van der Waals surface area (Å²) in [4.78, 5) is 12.9. The predicted octanol–water partition coefficient (Wildman–Crippen LogP) is 0.710. The lowest BCUT2D eigenvalue weighted by Gasteiger charge is -2.28. The van der Waals surface area contributed by atoms with E-state index in [0.717, 1.165) is 12.8 Å². The Hall–Kier alpha value is -0.620. The van der Waals surface area contributed by atoms with Crippen LogP contribution in [-0.2, 0) is 14.6 Å². The Kier molecular flexibility index (Phi) is 5.61. The summed E-state index contributed by atoms with van der Waals surface area (Å²) in [6.07, 6.45) is 1.06. The highest BCUT2D eigenvalue weighted by Gasteiger charge is 2.25. The molecule has 0 aromatic heterocycles. The monoisotopic (exact) mass is 265 g/mol. The van der Waals surface area contributed by atoms with Gasteiger partial charge in [0.15, 0.2) is 0 Å². The molecular formula is C11H23NO4S. The Labute approximate surface area is 104 Å². The summed E-state index contributed by atoms with van der Waals surface area (Å²) in [5.74, 6) is -2.23. The average Bonchev–Trinajstić information content (AvgIpc) is 1.95. The van der Waals surface area contributed by atoms with E-state index in [2.05, 4.69) is 20.8 Å². The van der Waals surface area contributed by atoms with Crippen molar-refractivity contribution < 1.29 is 18.3 Å². The first-order valence-electron chi connectivity index (χ1n) is 5.50. The van der Waals surface area contributed by atoms with Crippen LogP contribution in [0.25, 0.3) is 0 Å². The van der Waals surface area contributed by atoms with E-state index in [-0.39, 0.29) is 17.7 Å². The molecule has 0 heterocycles. The summed E-state index contributed by atoms with van der Waals surface area (Å²) in [7, 11) is -1.46. The number of sulfone groups is 1. The molecule has 0 amide bonds. The summed E-state index contributed by atoms with van der Waals surface area (Å²) < 4.78 is 22.3. The molecule has 1 N–H and O–H groups in total. The van der Waals surface area contributed by atoms with Crippen molar-refractivity contribution >= 4 is 15.8 Å². The van der Waals surface area contributed by atoms with Crippen molar-refractivity contribution in [3.05, 3.63) is 0 Å². The fourth-order valence-corrected chi connectivity index (χ4v) is 2.80. The Bertz CT molecular complexity index is 356. The van der Waals surface area contributed by atoms with E-state index in [1.54, 1.807) is 0 Å². The van der Waals surface area contributed by atoms with Crippen molar-refractivity contribution in [2.75, 3.05) is 32.1 Å². The SMILES string of the molecule is CN(CC(CS(C)(=O)=O)C(=O)O)CC(C)(C)C. The van der Waals surface area contributed by atoms with Gasteiger partial charge in [-0.1, -0.05) is 20.8 Å². The van der Waals surface area contributed by atoms with Gasteiger partial charge in [-0.05, 0) is 12.5 Å². The molecule has 1 atom stereocenters. The van der Waals surface area contributed by atoms with Crippen LogP contribution in [0.1, 0.15) is 20.8 Å². The van der Waals surface area contributed by atoms with Crippen LogP contribution in [0.2, 0.25) is 0 Å². The molecule has 0 aliphatic heterocycles. The first-order valence-corrected chi connectivity index (χ1v) is 7.56. The first kappa shape index (κ1) is 16.4. The number of hydrogen-bond donors (Lipinski definition) is 1. The third kappa shape index (κ3) is 9.12. The number of carboxylic acid groups (broad SMARTS) is 1. The highest BCUT2D eigenvalue weighted by Crippen LogP contribution is 2.15. The third-order valence-electron chi connectivity index (χ3n) is 2.13.